The Bertz CT molecular complexity index is 302. The van der Waals surface area contributed by atoms with Crippen molar-refractivity contribution in [1.82, 2.24) is 14.8 Å². The predicted octanol–water partition coefficient (Wildman–Crippen LogP) is 0.483. The molecule has 1 aromatic rings. The molecule has 0 aliphatic heterocycles. The molecule has 0 fully saturated rings. The van der Waals surface area contributed by atoms with Crippen LogP contribution in [0, 0.1) is 0 Å². The molecular formula is C9H19N5. The van der Waals surface area contributed by atoms with Crippen molar-refractivity contribution < 1.29 is 0 Å². The van der Waals surface area contributed by atoms with Gasteiger partial charge in [0.25, 0.3) is 0 Å². The van der Waals surface area contributed by atoms with Crippen LogP contribution in [-0.4, -0.2) is 28.4 Å². The summed E-state index contributed by atoms with van der Waals surface area (Å²) < 4.78 is 1.97. The minimum absolute atomic E-state index is 0.0222. The molecule has 0 aliphatic rings. The molecule has 0 aromatic carbocycles. The quantitative estimate of drug-likeness (QED) is 0.736. The van der Waals surface area contributed by atoms with Crippen molar-refractivity contribution in [3.63, 3.8) is 0 Å². The number of nitrogens with one attached hydrogen (secondary N) is 1. The lowest BCUT2D eigenvalue weighted by molar-refractivity contribution is 0.442. The maximum absolute atomic E-state index is 5.57. The fourth-order valence-electron chi connectivity index (χ4n) is 1.61. The molecule has 80 valence electrons. The molecule has 1 aromatic heterocycles. The Balaban J connectivity index is 3.00. The van der Waals surface area contributed by atoms with Gasteiger partial charge in [-0.05, 0) is 13.0 Å². The molecule has 0 aliphatic carbocycles. The Hall–Kier alpha value is -1.10. The van der Waals surface area contributed by atoms with E-state index >= 15 is 0 Å². The average Bonchev–Trinajstić information content (AvgIpc) is 2.47. The van der Waals surface area contributed by atoms with Crippen LogP contribution in [0.4, 0.5) is 5.95 Å². The monoisotopic (exact) mass is 197 g/mol. The van der Waals surface area contributed by atoms with Crippen LogP contribution in [-0.2, 0) is 12.5 Å². The van der Waals surface area contributed by atoms with Crippen LogP contribution in [0.1, 0.15) is 26.1 Å². The zero-order valence-corrected chi connectivity index (χ0v) is 9.33. The van der Waals surface area contributed by atoms with Crippen LogP contribution in [0.2, 0.25) is 0 Å². The highest BCUT2D eigenvalue weighted by Crippen LogP contribution is 2.25. The van der Waals surface area contributed by atoms with Gasteiger partial charge in [0.15, 0.2) is 0 Å². The van der Waals surface area contributed by atoms with Crippen LogP contribution >= 0.6 is 0 Å². The minimum Gasteiger partial charge on any atom is -0.357 e. The Labute approximate surface area is 84.7 Å². The first kappa shape index (κ1) is 11.0. The molecule has 5 heteroatoms. The summed E-state index contributed by atoms with van der Waals surface area (Å²) in [6.07, 6.45) is 0.905. The molecule has 0 bridgehead atoms. The van der Waals surface area contributed by atoms with Gasteiger partial charge < -0.3 is 15.6 Å². The van der Waals surface area contributed by atoms with Gasteiger partial charge in [-0.1, -0.05) is 13.8 Å². The van der Waals surface area contributed by atoms with Gasteiger partial charge in [0, 0.05) is 19.5 Å². The zero-order chi connectivity index (χ0) is 10.8. The van der Waals surface area contributed by atoms with Crippen LogP contribution in [0.25, 0.3) is 0 Å². The van der Waals surface area contributed by atoms with Crippen LogP contribution < -0.4 is 11.1 Å². The van der Waals surface area contributed by atoms with Crippen molar-refractivity contribution in [3.05, 3.63) is 5.82 Å². The summed E-state index contributed by atoms with van der Waals surface area (Å²) in [6.45, 7) is 4.92. The van der Waals surface area contributed by atoms with Crippen LogP contribution in [0.3, 0.4) is 0 Å². The number of rotatable bonds is 4. The molecular weight excluding hydrogens is 178 g/mol. The fourth-order valence-corrected chi connectivity index (χ4v) is 1.61. The lowest BCUT2D eigenvalue weighted by Gasteiger charge is -2.22. The maximum atomic E-state index is 5.57. The highest BCUT2D eigenvalue weighted by atomic mass is 15.3. The van der Waals surface area contributed by atoms with E-state index in [-0.39, 0.29) is 5.41 Å². The van der Waals surface area contributed by atoms with Crippen LogP contribution in [0.15, 0.2) is 0 Å². The van der Waals surface area contributed by atoms with Gasteiger partial charge in [-0.2, -0.15) is 0 Å². The summed E-state index contributed by atoms with van der Waals surface area (Å²) in [4.78, 5) is 0. The Morgan fingerprint density at radius 3 is 2.50 bits per heavy atom. The summed E-state index contributed by atoms with van der Waals surface area (Å²) in [5, 5.41) is 11.2. The van der Waals surface area contributed by atoms with Crippen molar-refractivity contribution in [1.29, 1.82) is 0 Å². The van der Waals surface area contributed by atoms with Gasteiger partial charge in [-0.3, -0.25) is 0 Å². The maximum Gasteiger partial charge on any atom is 0.224 e. The molecule has 0 spiro atoms. The van der Waals surface area contributed by atoms with Gasteiger partial charge >= 0.3 is 0 Å². The van der Waals surface area contributed by atoms with Crippen molar-refractivity contribution in [2.24, 2.45) is 12.8 Å². The third-order valence-electron chi connectivity index (χ3n) is 2.47. The van der Waals surface area contributed by atoms with E-state index in [0.29, 0.717) is 6.54 Å². The number of hydrogen-bond donors (Lipinski definition) is 2. The second-order valence-electron chi connectivity index (χ2n) is 4.08. The largest absolute Gasteiger partial charge is 0.357 e. The van der Waals surface area contributed by atoms with E-state index in [4.69, 9.17) is 5.73 Å². The molecule has 1 heterocycles. The van der Waals surface area contributed by atoms with E-state index in [9.17, 15) is 0 Å². The van der Waals surface area contributed by atoms with Crippen molar-refractivity contribution >= 4 is 5.95 Å². The molecule has 3 N–H and O–H groups in total. The molecule has 0 saturated carbocycles. The highest BCUT2D eigenvalue weighted by molar-refractivity contribution is 5.26. The molecule has 5 nitrogen and oxygen atoms in total. The van der Waals surface area contributed by atoms with Crippen molar-refractivity contribution in [3.8, 4) is 0 Å². The van der Waals surface area contributed by atoms with Gasteiger partial charge in [0.1, 0.15) is 5.82 Å². The smallest absolute Gasteiger partial charge is 0.224 e. The summed E-state index contributed by atoms with van der Waals surface area (Å²) in [6, 6.07) is 0. The molecule has 1 rings (SSSR count). The molecule has 14 heavy (non-hydrogen) atoms. The lowest BCUT2D eigenvalue weighted by atomic mass is 9.88. The average molecular weight is 197 g/mol. The van der Waals surface area contributed by atoms with Crippen molar-refractivity contribution in [2.75, 3.05) is 18.9 Å². The van der Waals surface area contributed by atoms with E-state index in [2.05, 4.69) is 29.4 Å². The number of nitrogens with two attached hydrogens (primary N) is 1. The Morgan fingerprint density at radius 1 is 1.43 bits per heavy atom. The van der Waals surface area contributed by atoms with E-state index < -0.39 is 0 Å². The topological polar surface area (TPSA) is 68.8 Å². The number of aromatic nitrogens is 3. The molecule has 0 saturated heterocycles. The third kappa shape index (κ3) is 1.87. The van der Waals surface area contributed by atoms with Gasteiger partial charge in [-0.15, -0.1) is 10.2 Å². The lowest BCUT2D eigenvalue weighted by Crippen LogP contribution is -2.25. The number of anilines is 1. The SMILES string of the molecule is CNc1nnc(C(C)(C)CCN)n1C. The van der Waals surface area contributed by atoms with Gasteiger partial charge in [0.2, 0.25) is 5.95 Å². The summed E-state index contributed by atoms with van der Waals surface area (Å²) in [5.41, 5.74) is 5.55. The first-order chi connectivity index (χ1) is 6.53. The minimum atomic E-state index is -0.0222. The summed E-state index contributed by atoms with van der Waals surface area (Å²) in [5.74, 6) is 1.75. The van der Waals surface area contributed by atoms with E-state index in [1.54, 1.807) is 0 Å². The predicted molar refractivity (Wildman–Crippen MR) is 57.2 cm³/mol. The molecule has 0 unspecified atom stereocenters. The van der Waals surface area contributed by atoms with Crippen LogP contribution in [0.5, 0.6) is 0 Å². The Morgan fingerprint density at radius 2 is 2.07 bits per heavy atom. The third-order valence-corrected chi connectivity index (χ3v) is 2.47. The normalized spacial score (nSPS) is 11.8. The van der Waals surface area contributed by atoms with E-state index in [1.807, 2.05) is 18.7 Å². The summed E-state index contributed by atoms with van der Waals surface area (Å²) >= 11 is 0. The zero-order valence-electron chi connectivity index (χ0n) is 9.33. The fraction of sp³-hybridized carbons (Fsp3) is 0.778. The summed E-state index contributed by atoms with van der Waals surface area (Å²) in [7, 11) is 3.79. The Kier molecular flexibility index (Phi) is 3.10. The standard InChI is InChI=1S/C9H19N5/c1-9(2,5-6-10)7-12-13-8(11-3)14(7)4/h5-6,10H2,1-4H3,(H,11,13). The molecule has 0 radical (unpaired) electrons. The molecule has 0 amide bonds. The molecule has 0 atom stereocenters. The number of hydrogen-bond acceptors (Lipinski definition) is 4. The second kappa shape index (κ2) is 3.96. The van der Waals surface area contributed by atoms with Gasteiger partial charge in [-0.25, -0.2) is 0 Å². The second-order valence-corrected chi connectivity index (χ2v) is 4.08. The van der Waals surface area contributed by atoms with Gasteiger partial charge in [0.05, 0.1) is 0 Å². The number of nitrogens with zero attached hydrogens (tertiary/aromatic N) is 3. The van der Waals surface area contributed by atoms with E-state index in [1.165, 1.54) is 0 Å². The van der Waals surface area contributed by atoms with E-state index in [0.717, 1.165) is 18.2 Å². The first-order valence-corrected chi connectivity index (χ1v) is 4.80. The van der Waals surface area contributed by atoms with Crippen molar-refractivity contribution in [2.45, 2.75) is 25.7 Å². The first-order valence-electron chi connectivity index (χ1n) is 4.80. The highest BCUT2D eigenvalue weighted by Gasteiger charge is 2.26.